The topological polar surface area (TPSA) is 103 Å². The van der Waals surface area contributed by atoms with Gasteiger partial charge in [-0.1, -0.05) is 5.16 Å². The molecule has 0 atom stereocenters. The number of fused-ring (bicyclic) bond motifs is 6. The monoisotopic (exact) mass is 491 g/mol. The number of nitrogens with zero attached hydrogens (tertiary/aromatic N) is 4. The molecule has 2 heterocycles. The number of carbonyl (C=O) groups is 1. The van der Waals surface area contributed by atoms with Crippen molar-refractivity contribution in [3.63, 3.8) is 0 Å². The van der Waals surface area contributed by atoms with E-state index in [9.17, 15) is 4.79 Å². The molecule has 2 aromatic rings. The van der Waals surface area contributed by atoms with Gasteiger partial charge in [-0.3, -0.25) is 4.79 Å². The lowest BCUT2D eigenvalue weighted by molar-refractivity contribution is -0.160. The second kappa shape index (κ2) is 7.99. The molecule has 4 bridgehead atoms. The highest BCUT2D eigenvalue weighted by atomic mass is 16.5. The average molecular weight is 492 g/mol. The summed E-state index contributed by atoms with van der Waals surface area (Å²) in [6, 6.07) is 2.09. The summed E-state index contributed by atoms with van der Waals surface area (Å²) in [4.78, 5) is 26.8. The lowest BCUT2D eigenvalue weighted by Gasteiger charge is -2.52. The summed E-state index contributed by atoms with van der Waals surface area (Å²) in [5.74, 6) is 3.11. The van der Waals surface area contributed by atoms with Crippen molar-refractivity contribution in [1.29, 1.82) is 0 Å². The standard InChI is InChI=1S/C28H37N5O3/c1-35-23(34)28-14-11-26(12-15-28,13-16-28)20-4-17-29-24(31-20)30-18-25-5-8-27(9-6-25,10-7-25)22-32-21(33-36-22)19-2-3-19/h4,17,19H,2-3,5-16,18H2,1H3,(H,29,30,31). The van der Waals surface area contributed by atoms with Gasteiger partial charge in [0.25, 0.3) is 0 Å². The minimum atomic E-state index is -0.262. The first-order chi connectivity index (χ1) is 17.5. The molecule has 7 aliphatic rings. The van der Waals surface area contributed by atoms with Gasteiger partial charge >= 0.3 is 5.97 Å². The third-order valence-corrected chi connectivity index (χ3v) is 10.9. The summed E-state index contributed by atoms with van der Waals surface area (Å²) in [5, 5.41) is 7.93. The molecule has 192 valence electrons. The van der Waals surface area contributed by atoms with E-state index < -0.39 is 0 Å². The summed E-state index contributed by atoms with van der Waals surface area (Å²) in [6.07, 6.45) is 17.0. The number of hydrogen-bond donors (Lipinski definition) is 1. The van der Waals surface area contributed by atoms with Gasteiger partial charge in [0.15, 0.2) is 5.82 Å². The van der Waals surface area contributed by atoms with Gasteiger partial charge in [-0.25, -0.2) is 9.97 Å². The van der Waals surface area contributed by atoms with E-state index >= 15 is 0 Å². The van der Waals surface area contributed by atoms with Crippen LogP contribution in [0.2, 0.25) is 0 Å². The van der Waals surface area contributed by atoms with Crippen LogP contribution < -0.4 is 5.32 Å². The zero-order valence-corrected chi connectivity index (χ0v) is 21.4. The van der Waals surface area contributed by atoms with Crippen LogP contribution in [0, 0.1) is 10.8 Å². The summed E-state index contributed by atoms with van der Waals surface area (Å²) in [6.45, 7) is 0.919. The molecule has 1 N–H and O–H groups in total. The number of methoxy groups -OCH3 is 1. The Labute approximate surface area is 212 Å². The molecule has 0 unspecified atom stereocenters. The highest BCUT2D eigenvalue weighted by Gasteiger charge is 2.55. The first kappa shape index (κ1) is 22.7. The number of esters is 1. The number of carbonyl (C=O) groups excluding carboxylic acids is 1. The third kappa shape index (κ3) is 3.50. The van der Waals surface area contributed by atoms with Gasteiger partial charge in [0.1, 0.15) is 0 Å². The van der Waals surface area contributed by atoms with Crippen LogP contribution in [0.15, 0.2) is 16.8 Å². The van der Waals surface area contributed by atoms with Crippen LogP contribution in [0.3, 0.4) is 0 Å². The van der Waals surface area contributed by atoms with Crippen molar-refractivity contribution in [3.05, 3.63) is 29.7 Å². The molecule has 0 radical (unpaired) electrons. The Kier molecular flexibility index (Phi) is 5.03. The molecule has 0 spiro atoms. The molecule has 8 heteroatoms. The third-order valence-electron chi connectivity index (χ3n) is 10.9. The maximum atomic E-state index is 12.4. The molecule has 0 saturated heterocycles. The molecule has 7 aliphatic carbocycles. The Morgan fingerprint density at radius 3 is 2.28 bits per heavy atom. The van der Waals surface area contributed by atoms with Gasteiger partial charge in [-0.05, 0) is 101 Å². The van der Waals surface area contributed by atoms with Crippen LogP contribution >= 0.6 is 0 Å². The predicted molar refractivity (Wildman–Crippen MR) is 132 cm³/mol. The second-order valence-corrected chi connectivity index (χ2v) is 12.7. The predicted octanol–water partition coefficient (Wildman–Crippen LogP) is 5.21. The van der Waals surface area contributed by atoms with Crippen molar-refractivity contribution in [2.24, 2.45) is 10.8 Å². The van der Waals surface area contributed by atoms with Crippen LogP contribution in [-0.2, 0) is 20.4 Å². The molecule has 0 amide bonds. The SMILES string of the molecule is COC(=O)C12CCC(c3ccnc(NCC45CCC(c6nc(C7CC7)no6)(CC4)CC5)n3)(CC1)CC2. The van der Waals surface area contributed by atoms with Gasteiger partial charge in [-0.2, -0.15) is 4.98 Å². The largest absolute Gasteiger partial charge is 0.469 e. The maximum absolute atomic E-state index is 12.4. The maximum Gasteiger partial charge on any atom is 0.311 e. The molecule has 7 saturated carbocycles. The first-order valence-corrected chi connectivity index (χ1v) is 14.0. The minimum absolute atomic E-state index is 0.0217. The van der Waals surface area contributed by atoms with E-state index in [-0.39, 0.29) is 22.2 Å². The molecular formula is C28H37N5O3. The van der Waals surface area contributed by atoms with E-state index in [1.807, 2.05) is 6.20 Å². The van der Waals surface area contributed by atoms with E-state index in [0.717, 1.165) is 87.7 Å². The molecule has 0 aliphatic heterocycles. The van der Waals surface area contributed by atoms with Crippen molar-refractivity contribution < 1.29 is 14.1 Å². The molecule has 8 nitrogen and oxygen atoms in total. The molecular weight excluding hydrogens is 454 g/mol. The number of rotatable bonds is 7. The van der Waals surface area contributed by atoms with Crippen molar-refractivity contribution in [3.8, 4) is 0 Å². The van der Waals surface area contributed by atoms with E-state index in [1.165, 1.54) is 39.2 Å². The highest BCUT2D eigenvalue weighted by Crippen LogP contribution is 2.59. The van der Waals surface area contributed by atoms with Gasteiger partial charge in [0, 0.05) is 29.5 Å². The van der Waals surface area contributed by atoms with Gasteiger partial charge < -0.3 is 14.6 Å². The van der Waals surface area contributed by atoms with Crippen LogP contribution in [0.4, 0.5) is 5.95 Å². The number of anilines is 1. The lowest BCUT2D eigenvalue weighted by Crippen LogP contribution is -2.48. The van der Waals surface area contributed by atoms with Crippen LogP contribution in [0.1, 0.15) is 113 Å². The second-order valence-electron chi connectivity index (χ2n) is 12.7. The Morgan fingerprint density at radius 2 is 1.64 bits per heavy atom. The van der Waals surface area contributed by atoms with Gasteiger partial charge in [0.2, 0.25) is 11.8 Å². The smallest absolute Gasteiger partial charge is 0.311 e. The van der Waals surface area contributed by atoms with E-state index in [2.05, 4.69) is 21.5 Å². The number of ether oxygens (including phenoxy) is 1. The van der Waals surface area contributed by atoms with Gasteiger partial charge in [0.05, 0.1) is 18.2 Å². The van der Waals surface area contributed by atoms with E-state index in [0.29, 0.717) is 11.3 Å². The zero-order valence-electron chi connectivity index (χ0n) is 21.4. The summed E-state index contributed by atoms with van der Waals surface area (Å²) in [5.41, 5.74) is 1.35. The quantitative estimate of drug-likeness (QED) is 0.527. The first-order valence-electron chi connectivity index (χ1n) is 14.0. The Bertz CT molecular complexity index is 1120. The Morgan fingerprint density at radius 1 is 0.972 bits per heavy atom. The number of aromatic nitrogens is 4. The highest BCUT2D eigenvalue weighted by molar-refractivity contribution is 5.77. The normalized spacial score (nSPS) is 37.1. The summed E-state index contributed by atoms with van der Waals surface area (Å²) in [7, 11) is 1.52. The number of nitrogens with one attached hydrogen (secondary N) is 1. The molecule has 2 aromatic heterocycles. The van der Waals surface area contributed by atoms with Crippen molar-refractivity contribution in [1.82, 2.24) is 20.1 Å². The zero-order chi connectivity index (χ0) is 24.4. The van der Waals surface area contributed by atoms with E-state index in [4.69, 9.17) is 19.2 Å². The van der Waals surface area contributed by atoms with Crippen molar-refractivity contribution in [2.75, 3.05) is 19.0 Å². The Hall–Kier alpha value is -2.51. The Balaban J connectivity index is 1.00. The lowest BCUT2D eigenvalue weighted by atomic mass is 9.52. The van der Waals surface area contributed by atoms with Crippen molar-refractivity contribution >= 4 is 11.9 Å². The van der Waals surface area contributed by atoms with Crippen molar-refractivity contribution in [2.45, 2.75) is 107 Å². The van der Waals surface area contributed by atoms with Crippen LogP contribution in [-0.4, -0.2) is 39.7 Å². The van der Waals surface area contributed by atoms with Gasteiger partial charge in [-0.15, -0.1) is 0 Å². The molecule has 0 aromatic carbocycles. The van der Waals surface area contributed by atoms with Crippen LogP contribution in [0.5, 0.6) is 0 Å². The molecule has 7 fully saturated rings. The molecule has 9 rings (SSSR count). The summed E-state index contributed by atoms with van der Waals surface area (Å²) < 4.78 is 10.9. The summed E-state index contributed by atoms with van der Waals surface area (Å²) >= 11 is 0. The fourth-order valence-electron chi connectivity index (χ4n) is 7.91. The average Bonchev–Trinajstić information content (AvgIpc) is 3.69. The minimum Gasteiger partial charge on any atom is -0.469 e. The fourth-order valence-corrected chi connectivity index (χ4v) is 7.91. The van der Waals surface area contributed by atoms with Crippen LogP contribution in [0.25, 0.3) is 0 Å². The fraction of sp³-hybridized carbons (Fsp3) is 0.750. The number of hydrogen-bond acceptors (Lipinski definition) is 8. The van der Waals surface area contributed by atoms with E-state index in [1.54, 1.807) is 0 Å². The molecule has 36 heavy (non-hydrogen) atoms.